The van der Waals surface area contributed by atoms with Crippen LogP contribution < -0.4 is 11.1 Å². The third-order valence-electron chi connectivity index (χ3n) is 2.35. The highest BCUT2D eigenvalue weighted by molar-refractivity contribution is 7.80. The van der Waals surface area contributed by atoms with Gasteiger partial charge in [0.2, 0.25) is 0 Å². The first kappa shape index (κ1) is 12.0. The van der Waals surface area contributed by atoms with Crippen molar-refractivity contribution in [2.24, 2.45) is 5.73 Å². The maximum atomic E-state index is 5.71. The topological polar surface area (TPSA) is 50.9 Å². The molecular formula is C12H13N3S2. The molecule has 0 bridgehead atoms. The molecule has 0 atom stereocenters. The van der Waals surface area contributed by atoms with Crippen molar-refractivity contribution in [1.29, 1.82) is 0 Å². The van der Waals surface area contributed by atoms with E-state index in [9.17, 15) is 0 Å². The van der Waals surface area contributed by atoms with E-state index in [-0.39, 0.29) is 0 Å². The van der Waals surface area contributed by atoms with Gasteiger partial charge in [0.15, 0.2) is 0 Å². The lowest BCUT2D eigenvalue weighted by Gasteiger charge is -2.10. The summed E-state index contributed by atoms with van der Waals surface area (Å²) in [6.45, 7) is 2.71. The summed E-state index contributed by atoms with van der Waals surface area (Å²) in [4.78, 5) is 4.63. The first-order valence-electron chi connectivity index (χ1n) is 5.19. The van der Waals surface area contributed by atoms with Gasteiger partial charge in [-0.2, -0.15) is 0 Å². The summed E-state index contributed by atoms with van der Waals surface area (Å²) in [6.07, 6.45) is 1.80. The molecule has 2 aromatic rings. The largest absolute Gasteiger partial charge is 0.389 e. The highest BCUT2D eigenvalue weighted by Gasteiger charge is 2.05. The molecule has 5 heteroatoms. The van der Waals surface area contributed by atoms with E-state index in [1.165, 1.54) is 0 Å². The number of nitrogens with zero attached hydrogens (tertiary/aromatic N) is 1. The predicted octanol–water partition coefficient (Wildman–Crippen LogP) is 2.70. The van der Waals surface area contributed by atoms with Gasteiger partial charge in [-0.05, 0) is 19.1 Å². The van der Waals surface area contributed by atoms with Crippen molar-refractivity contribution in [3.8, 4) is 0 Å². The predicted molar refractivity (Wildman–Crippen MR) is 76.5 cm³/mol. The van der Waals surface area contributed by atoms with E-state index in [1.807, 2.05) is 30.5 Å². The highest BCUT2D eigenvalue weighted by Crippen LogP contribution is 2.18. The number of rotatable bonds is 4. The Labute approximate surface area is 110 Å². The second-order valence-corrected chi connectivity index (χ2v) is 5.11. The van der Waals surface area contributed by atoms with Gasteiger partial charge in [-0.3, -0.25) is 0 Å². The molecular weight excluding hydrogens is 250 g/mol. The average molecular weight is 263 g/mol. The Morgan fingerprint density at radius 1 is 1.53 bits per heavy atom. The summed E-state index contributed by atoms with van der Waals surface area (Å²) in [6, 6.07) is 6.02. The lowest BCUT2D eigenvalue weighted by atomic mass is 10.1. The van der Waals surface area contributed by atoms with Crippen LogP contribution >= 0.6 is 23.6 Å². The van der Waals surface area contributed by atoms with Crippen LogP contribution in [0.1, 0.15) is 16.1 Å². The number of hydrogen-bond acceptors (Lipinski definition) is 4. The normalized spacial score (nSPS) is 10.2. The van der Waals surface area contributed by atoms with Gasteiger partial charge in [0, 0.05) is 22.8 Å². The molecule has 0 aliphatic carbocycles. The van der Waals surface area contributed by atoms with Gasteiger partial charge in [0.1, 0.15) is 10.00 Å². The van der Waals surface area contributed by atoms with Gasteiger partial charge in [0.25, 0.3) is 0 Å². The van der Waals surface area contributed by atoms with Crippen LogP contribution in [-0.2, 0) is 6.54 Å². The average Bonchev–Trinajstić information content (AvgIpc) is 2.80. The minimum Gasteiger partial charge on any atom is -0.389 e. The van der Waals surface area contributed by atoms with Gasteiger partial charge in [-0.25, -0.2) is 4.98 Å². The molecule has 3 nitrogen and oxygen atoms in total. The number of thiazole rings is 1. The van der Waals surface area contributed by atoms with Crippen molar-refractivity contribution >= 4 is 34.2 Å². The molecule has 0 spiro atoms. The van der Waals surface area contributed by atoms with Gasteiger partial charge in [-0.15, -0.1) is 11.3 Å². The molecule has 88 valence electrons. The maximum Gasteiger partial charge on any atom is 0.112 e. The van der Waals surface area contributed by atoms with Crippen LogP contribution in [0.25, 0.3) is 0 Å². The van der Waals surface area contributed by atoms with E-state index in [0.717, 1.165) is 21.8 Å². The molecule has 0 saturated heterocycles. The molecule has 0 radical (unpaired) electrons. The van der Waals surface area contributed by atoms with Gasteiger partial charge < -0.3 is 11.1 Å². The van der Waals surface area contributed by atoms with Crippen molar-refractivity contribution < 1.29 is 0 Å². The van der Waals surface area contributed by atoms with E-state index >= 15 is 0 Å². The number of nitrogens with one attached hydrogen (secondary N) is 1. The van der Waals surface area contributed by atoms with Crippen LogP contribution in [0.3, 0.4) is 0 Å². The Balaban J connectivity index is 2.17. The van der Waals surface area contributed by atoms with Crippen molar-refractivity contribution in [3.63, 3.8) is 0 Å². The first-order valence-corrected chi connectivity index (χ1v) is 6.48. The summed E-state index contributed by atoms with van der Waals surface area (Å²) in [5, 5.41) is 6.30. The summed E-state index contributed by atoms with van der Waals surface area (Å²) in [5.74, 6) is 0. The Bertz CT molecular complexity index is 521. The van der Waals surface area contributed by atoms with Gasteiger partial charge in [0.05, 0.1) is 6.54 Å². The standard InChI is InChI=1S/C12H13N3S2/c1-8-2-3-10(9(6-8)12(13)16)15-7-11-14-4-5-17-11/h2-6,15H,7H2,1H3,(H2,13,16). The minimum atomic E-state index is 0.412. The van der Waals surface area contributed by atoms with E-state index in [1.54, 1.807) is 17.5 Å². The van der Waals surface area contributed by atoms with Crippen molar-refractivity contribution in [2.75, 3.05) is 5.32 Å². The summed E-state index contributed by atoms with van der Waals surface area (Å²) >= 11 is 6.67. The molecule has 17 heavy (non-hydrogen) atoms. The quantitative estimate of drug-likeness (QED) is 0.833. The first-order chi connectivity index (χ1) is 8.16. The fourth-order valence-electron chi connectivity index (χ4n) is 1.53. The summed E-state index contributed by atoms with van der Waals surface area (Å²) < 4.78 is 0. The molecule has 1 aromatic carbocycles. The number of thiocarbonyl (C=S) groups is 1. The van der Waals surface area contributed by atoms with E-state index < -0.39 is 0 Å². The van der Waals surface area contributed by atoms with E-state index in [4.69, 9.17) is 18.0 Å². The molecule has 1 heterocycles. The third-order valence-corrected chi connectivity index (χ3v) is 3.35. The Morgan fingerprint density at radius 2 is 2.35 bits per heavy atom. The molecule has 1 aromatic heterocycles. The molecule has 0 saturated carbocycles. The lowest BCUT2D eigenvalue weighted by molar-refractivity contribution is 1.10. The second-order valence-electron chi connectivity index (χ2n) is 3.69. The summed E-state index contributed by atoms with van der Waals surface area (Å²) in [7, 11) is 0. The van der Waals surface area contributed by atoms with Crippen molar-refractivity contribution in [2.45, 2.75) is 13.5 Å². The molecule has 0 aliphatic rings. The Morgan fingerprint density at radius 3 is 3.00 bits per heavy atom. The van der Waals surface area contributed by atoms with Crippen molar-refractivity contribution in [1.82, 2.24) is 4.98 Å². The van der Waals surface area contributed by atoms with Crippen LogP contribution in [0.15, 0.2) is 29.8 Å². The monoisotopic (exact) mass is 263 g/mol. The lowest BCUT2D eigenvalue weighted by Crippen LogP contribution is -2.13. The fourth-order valence-corrected chi connectivity index (χ4v) is 2.25. The van der Waals surface area contributed by atoms with E-state index in [2.05, 4.69) is 10.3 Å². The summed E-state index contributed by atoms with van der Waals surface area (Å²) in [5.41, 5.74) is 8.70. The van der Waals surface area contributed by atoms with Gasteiger partial charge in [-0.1, -0.05) is 23.8 Å². The number of nitrogens with two attached hydrogens (primary N) is 1. The van der Waals surface area contributed by atoms with Crippen LogP contribution in [0.2, 0.25) is 0 Å². The SMILES string of the molecule is Cc1ccc(NCc2nccs2)c(C(N)=S)c1. The van der Waals surface area contributed by atoms with E-state index in [0.29, 0.717) is 11.5 Å². The number of hydrogen-bond donors (Lipinski definition) is 2. The molecule has 3 N–H and O–H groups in total. The third kappa shape index (κ3) is 3.01. The molecule has 0 fully saturated rings. The molecule has 0 unspecified atom stereocenters. The second kappa shape index (κ2) is 5.25. The van der Waals surface area contributed by atoms with Crippen LogP contribution in [0.5, 0.6) is 0 Å². The zero-order chi connectivity index (χ0) is 12.3. The zero-order valence-corrected chi connectivity index (χ0v) is 11.1. The Kier molecular flexibility index (Phi) is 3.71. The minimum absolute atomic E-state index is 0.412. The van der Waals surface area contributed by atoms with Crippen LogP contribution in [-0.4, -0.2) is 9.97 Å². The van der Waals surface area contributed by atoms with Crippen LogP contribution in [0.4, 0.5) is 5.69 Å². The maximum absolute atomic E-state index is 5.71. The zero-order valence-electron chi connectivity index (χ0n) is 9.43. The number of aryl methyl sites for hydroxylation is 1. The molecule has 0 amide bonds. The number of aromatic nitrogens is 1. The van der Waals surface area contributed by atoms with Crippen molar-refractivity contribution in [3.05, 3.63) is 45.9 Å². The number of benzene rings is 1. The van der Waals surface area contributed by atoms with Crippen LogP contribution in [0, 0.1) is 6.92 Å². The smallest absolute Gasteiger partial charge is 0.112 e. The fraction of sp³-hybridized carbons (Fsp3) is 0.167. The van der Waals surface area contributed by atoms with Gasteiger partial charge >= 0.3 is 0 Å². The number of anilines is 1. The molecule has 2 rings (SSSR count). The Hall–Kier alpha value is -1.46. The molecule has 0 aliphatic heterocycles. The highest BCUT2D eigenvalue weighted by atomic mass is 32.1.